The van der Waals surface area contributed by atoms with Gasteiger partial charge < -0.3 is 10.1 Å². The highest BCUT2D eigenvalue weighted by Gasteiger charge is 2.15. The molecule has 3 rings (SSSR count). The Balaban J connectivity index is 1.68. The van der Waals surface area contributed by atoms with E-state index in [2.05, 4.69) is 39.6 Å². The Morgan fingerprint density at radius 2 is 2.00 bits per heavy atom. The van der Waals surface area contributed by atoms with Gasteiger partial charge in [-0.2, -0.15) is 10.2 Å². The van der Waals surface area contributed by atoms with Crippen LogP contribution in [-0.4, -0.2) is 31.7 Å². The second-order valence-corrected chi connectivity index (χ2v) is 5.73. The molecule has 0 aliphatic heterocycles. The van der Waals surface area contributed by atoms with Gasteiger partial charge in [0, 0.05) is 19.6 Å². The van der Waals surface area contributed by atoms with Gasteiger partial charge in [-0.1, -0.05) is 12.1 Å². The molecular weight excluding hydrogens is 304 g/mol. The normalized spacial score (nSPS) is 12.3. The quantitative estimate of drug-likeness (QED) is 0.752. The summed E-state index contributed by atoms with van der Waals surface area (Å²) >= 11 is 0. The van der Waals surface area contributed by atoms with Gasteiger partial charge in [-0.15, -0.1) is 0 Å². The van der Waals surface area contributed by atoms with Crippen LogP contribution in [0.25, 0.3) is 5.69 Å². The second-order valence-electron chi connectivity index (χ2n) is 5.73. The van der Waals surface area contributed by atoms with Crippen molar-refractivity contribution in [1.29, 1.82) is 0 Å². The number of aromatic nitrogens is 5. The number of aryl methyl sites for hydroxylation is 2. The summed E-state index contributed by atoms with van der Waals surface area (Å²) < 4.78 is 8.95. The van der Waals surface area contributed by atoms with Crippen LogP contribution < -0.4 is 10.1 Å². The average Bonchev–Trinajstić information content (AvgIpc) is 3.20. The van der Waals surface area contributed by atoms with E-state index in [1.165, 1.54) is 11.9 Å². The fraction of sp³-hybridized carbons (Fsp3) is 0.353. The summed E-state index contributed by atoms with van der Waals surface area (Å²) in [5.74, 6) is 0.800. The Kier molecular flexibility index (Phi) is 4.61. The van der Waals surface area contributed by atoms with Gasteiger partial charge in [-0.3, -0.25) is 0 Å². The minimum Gasteiger partial charge on any atom is -0.481 e. The summed E-state index contributed by atoms with van der Waals surface area (Å²) in [4.78, 5) is 3.97. The fourth-order valence-electron chi connectivity index (χ4n) is 2.77. The third-order valence-corrected chi connectivity index (χ3v) is 4.14. The zero-order valence-electron chi connectivity index (χ0n) is 14.4. The molecule has 0 amide bonds. The third-order valence-electron chi connectivity index (χ3n) is 4.14. The van der Waals surface area contributed by atoms with Crippen LogP contribution in [0, 0.1) is 6.92 Å². The minimum atomic E-state index is 0.208. The van der Waals surface area contributed by atoms with Crippen molar-refractivity contribution in [3.8, 4) is 11.6 Å². The zero-order chi connectivity index (χ0) is 17.1. The van der Waals surface area contributed by atoms with Crippen molar-refractivity contribution in [1.82, 2.24) is 29.9 Å². The van der Waals surface area contributed by atoms with Gasteiger partial charge in [0.2, 0.25) is 5.88 Å². The van der Waals surface area contributed by atoms with Crippen molar-refractivity contribution in [3.63, 3.8) is 0 Å². The van der Waals surface area contributed by atoms with Crippen LogP contribution in [0.1, 0.15) is 29.8 Å². The summed E-state index contributed by atoms with van der Waals surface area (Å²) in [5.41, 5.74) is 4.27. The molecule has 0 aliphatic carbocycles. The van der Waals surface area contributed by atoms with Crippen molar-refractivity contribution in [2.45, 2.75) is 26.4 Å². The Labute approximate surface area is 141 Å². The number of hydrogen-bond acceptors (Lipinski definition) is 5. The van der Waals surface area contributed by atoms with E-state index in [1.807, 2.05) is 26.1 Å². The first-order valence-corrected chi connectivity index (χ1v) is 7.85. The first kappa shape index (κ1) is 16.2. The van der Waals surface area contributed by atoms with Crippen LogP contribution in [0.5, 0.6) is 5.88 Å². The molecule has 7 heteroatoms. The van der Waals surface area contributed by atoms with Crippen LogP contribution in [0.3, 0.4) is 0 Å². The molecule has 0 fully saturated rings. The molecule has 0 bridgehead atoms. The van der Waals surface area contributed by atoms with Crippen molar-refractivity contribution >= 4 is 0 Å². The summed E-state index contributed by atoms with van der Waals surface area (Å²) in [7, 11) is 3.56. The third kappa shape index (κ3) is 3.16. The SMILES string of the molecule is COc1c(CN[C@H](C)c2ccc(-n3cncn3)cc2)c(C)nn1C. The highest BCUT2D eigenvalue weighted by molar-refractivity contribution is 5.35. The standard InChI is InChI=1S/C17H22N6O/c1-12(19-9-16-13(2)21-22(3)17(16)24-4)14-5-7-15(8-6-14)23-11-18-10-20-23/h5-8,10-12,19H,9H2,1-4H3/t12-/m1/s1. The lowest BCUT2D eigenvalue weighted by Gasteiger charge is -2.15. The number of nitrogens with one attached hydrogen (secondary N) is 1. The molecule has 1 N–H and O–H groups in total. The Bertz CT molecular complexity index is 791. The molecule has 0 spiro atoms. The zero-order valence-corrected chi connectivity index (χ0v) is 14.4. The molecule has 1 aromatic carbocycles. The topological polar surface area (TPSA) is 69.8 Å². The average molecular weight is 326 g/mol. The lowest BCUT2D eigenvalue weighted by molar-refractivity contribution is 0.367. The van der Waals surface area contributed by atoms with E-state index in [9.17, 15) is 0 Å². The second kappa shape index (κ2) is 6.84. The maximum atomic E-state index is 5.44. The molecule has 0 unspecified atom stereocenters. The summed E-state index contributed by atoms with van der Waals surface area (Å²) in [5, 5.41) is 12.1. The highest BCUT2D eigenvalue weighted by atomic mass is 16.5. The maximum Gasteiger partial charge on any atom is 0.216 e. The van der Waals surface area contributed by atoms with Crippen LogP contribution in [0.2, 0.25) is 0 Å². The van der Waals surface area contributed by atoms with Gasteiger partial charge in [0.1, 0.15) is 12.7 Å². The summed E-state index contributed by atoms with van der Waals surface area (Å²) in [6.07, 6.45) is 3.22. The van der Waals surface area contributed by atoms with Gasteiger partial charge in [-0.25, -0.2) is 14.3 Å². The lowest BCUT2D eigenvalue weighted by Crippen LogP contribution is -2.18. The van der Waals surface area contributed by atoms with Crippen molar-refractivity contribution < 1.29 is 4.74 Å². The Morgan fingerprint density at radius 3 is 2.62 bits per heavy atom. The summed E-state index contributed by atoms with van der Waals surface area (Å²) in [6.45, 7) is 4.84. The van der Waals surface area contributed by atoms with E-state index in [0.29, 0.717) is 6.54 Å². The van der Waals surface area contributed by atoms with Crippen LogP contribution in [-0.2, 0) is 13.6 Å². The fourth-order valence-corrected chi connectivity index (χ4v) is 2.77. The maximum absolute atomic E-state index is 5.44. The van der Waals surface area contributed by atoms with Gasteiger partial charge in [0.15, 0.2) is 0 Å². The van der Waals surface area contributed by atoms with Crippen LogP contribution in [0.4, 0.5) is 0 Å². The van der Waals surface area contributed by atoms with E-state index in [0.717, 1.165) is 22.8 Å². The van der Waals surface area contributed by atoms with Gasteiger partial charge in [0.05, 0.1) is 24.1 Å². The van der Waals surface area contributed by atoms with Crippen LogP contribution >= 0.6 is 0 Å². The molecule has 2 heterocycles. The number of ether oxygens (including phenoxy) is 1. The number of nitrogens with zero attached hydrogens (tertiary/aromatic N) is 5. The lowest BCUT2D eigenvalue weighted by atomic mass is 10.1. The van der Waals surface area contributed by atoms with E-state index < -0.39 is 0 Å². The molecule has 7 nitrogen and oxygen atoms in total. The molecule has 126 valence electrons. The molecule has 1 atom stereocenters. The molecular formula is C17H22N6O. The number of rotatable bonds is 6. The molecule has 0 saturated heterocycles. The van der Waals surface area contributed by atoms with Gasteiger partial charge >= 0.3 is 0 Å². The first-order valence-electron chi connectivity index (χ1n) is 7.85. The highest BCUT2D eigenvalue weighted by Crippen LogP contribution is 2.22. The monoisotopic (exact) mass is 326 g/mol. The first-order chi connectivity index (χ1) is 11.6. The van der Waals surface area contributed by atoms with E-state index >= 15 is 0 Å². The van der Waals surface area contributed by atoms with E-state index in [4.69, 9.17) is 4.74 Å². The molecule has 24 heavy (non-hydrogen) atoms. The van der Waals surface area contributed by atoms with Crippen molar-refractivity contribution in [2.75, 3.05) is 7.11 Å². The van der Waals surface area contributed by atoms with Crippen molar-refractivity contribution in [2.24, 2.45) is 7.05 Å². The molecule has 2 aromatic heterocycles. The molecule has 0 aliphatic rings. The molecule has 0 radical (unpaired) electrons. The number of methoxy groups -OCH3 is 1. The van der Waals surface area contributed by atoms with Crippen molar-refractivity contribution in [3.05, 3.63) is 53.7 Å². The van der Waals surface area contributed by atoms with Gasteiger partial charge in [0.25, 0.3) is 0 Å². The predicted octanol–water partition coefficient (Wildman–Crippen LogP) is 2.17. The predicted molar refractivity (Wildman–Crippen MR) is 91.1 cm³/mol. The smallest absolute Gasteiger partial charge is 0.216 e. The van der Waals surface area contributed by atoms with Crippen LogP contribution in [0.15, 0.2) is 36.9 Å². The Morgan fingerprint density at radius 1 is 1.25 bits per heavy atom. The number of hydrogen-bond donors (Lipinski definition) is 1. The summed E-state index contributed by atoms with van der Waals surface area (Å²) in [6, 6.07) is 8.49. The molecule has 3 aromatic rings. The number of benzene rings is 1. The van der Waals surface area contributed by atoms with E-state index in [-0.39, 0.29) is 6.04 Å². The minimum absolute atomic E-state index is 0.208. The Hall–Kier alpha value is -2.67. The molecule has 0 saturated carbocycles. The van der Waals surface area contributed by atoms with E-state index in [1.54, 1.807) is 22.8 Å². The van der Waals surface area contributed by atoms with Gasteiger partial charge in [-0.05, 0) is 31.5 Å². The largest absolute Gasteiger partial charge is 0.481 e.